The lowest BCUT2D eigenvalue weighted by molar-refractivity contribution is -0.143. The molecule has 0 radical (unpaired) electrons. The van der Waals surface area contributed by atoms with Crippen LogP contribution in [0.2, 0.25) is 0 Å². The summed E-state index contributed by atoms with van der Waals surface area (Å²) in [4.78, 5) is 60.3. The van der Waals surface area contributed by atoms with Crippen molar-refractivity contribution in [2.45, 2.75) is 56.3 Å². The topological polar surface area (TPSA) is 123 Å². The number of H-pyrrole nitrogens is 1. The summed E-state index contributed by atoms with van der Waals surface area (Å²) in [6.45, 7) is 0.409. The summed E-state index contributed by atoms with van der Waals surface area (Å²) in [7, 11) is 0. The second-order valence-corrected chi connectivity index (χ2v) is 11.3. The van der Waals surface area contributed by atoms with E-state index >= 15 is 0 Å². The van der Waals surface area contributed by atoms with Crippen LogP contribution in [-0.4, -0.2) is 64.2 Å². The normalized spacial score (nSPS) is 23.1. The third-order valence-electron chi connectivity index (χ3n) is 8.38. The van der Waals surface area contributed by atoms with Crippen LogP contribution in [0.3, 0.4) is 0 Å². The predicted molar refractivity (Wildman–Crippen MR) is 163 cm³/mol. The molecule has 43 heavy (non-hydrogen) atoms. The SMILES string of the molecule is O=C1N[C@H](Cc2ccccc2)C(=O)N2CCC[C@@H]2C(=O)N[C@H](Cc2ccccc2)C(=O)N[C@H]1Cc1c[nH]c2ccccc12. The summed E-state index contributed by atoms with van der Waals surface area (Å²) in [6.07, 6.45) is 3.70. The Morgan fingerprint density at radius 3 is 1.88 bits per heavy atom. The van der Waals surface area contributed by atoms with Gasteiger partial charge in [-0.2, -0.15) is 0 Å². The average molecular weight is 578 g/mol. The van der Waals surface area contributed by atoms with Gasteiger partial charge < -0.3 is 25.8 Å². The molecule has 9 heteroatoms. The summed E-state index contributed by atoms with van der Waals surface area (Å²) < 4.78 is 0. The van der Waals surface area contributed by atoms with Crippen molar-refractivity contribution in [3.8, 4) is 0 Å². The smallest absolute Gasteiger partial charge is 0.246 e. The van der Waals surface area contributed by atoms with Crippen LogP contribution in [0.1, 0.15) is 29.5 Å². The highest BCUT2D eigenvalue weighted by Gasteiger charge is 2.40. The molecule has 4 aromatic rings. The minimum Gasteiger partial charge on any atom is -0.361 e. The van der Waals surface area contributed by atoms with Crippen molar-refractivity contribution in [1.82, 2.24) is 25.8 Å². The van der Waals surface area contributed by atoms with Crippen LogP contribution >= 0.6 is 0 Å². The fourth-order valence-electron chi connectivity index (χ4n) is 6.15. The van der Waals surface area contributed by atoms with Gasteiger partial charge in [-0.15, -0.1) is 0 Å². The molecular formula is C34H35N5O4. The Bertz CT molecular complexity index is 1620. The van der Waals surface area contributed by atoms with Gasteiger partial charge in [0.2, 0.25) is 23.6 Å². The molecule has 3 heterocycles. The number of fused-ring (bicyclic) bond motifs is 2. The first kappa shape index (κ1) is 28.2. The molecule has 1 aromatic heterocycles. The highest BCUT2D eigenvalue weighted by molar-refractivity contribution is 5.98. The number of aromatic amines is 1. The van der Waals surface area contributed by atoms with Gasteiger partial charge in [0.05, 0.1) is 0 Å². The Hall–Kier alpha value is -4.92. The number of benzene rings is 3. The van der Waals surface area contributed by atoms with Crippen molar-refractivity contribution in [3.63, 3.8) is 0 Å². The number of nitrogens with zero attached hydrogens (tertiary/aromatic N) is 1. The maximum absolute atomic E-state index is 14.0. The van der Waals surface area contributed by atoms with Crippen LogP contribution in [0, 0.1) is 0 Å². The number of amides is 4. The van der Waals surface area contributed by atoms with Crippen LogP contribution in [0.25, 0.3) is 10.9 Å². The quantitative estimate of drug-likeness (QED) is 0.281. The lowest BCUT2D eigenvalue weighted by Gasteiger charge is -2.32. The van der Waals surface area contributed by atoms with Crippen LogP contribution in [0.4, 0.5) is 0 Å². The number of hydrogen-bond donors (Lipinski definition) is 4. The van der Waals surface area contributed by atoms with E-state index in [9.17, 15) is 19.2 Å². The van der Waals surface area contributed by atoms with Gasteiger partial charge in [-0.1, -0.05) is 78.9 Å². The summed E-state index contributed by atoms with van der Waals surface area (Å²) in [5.41, 5.74) is 3.53. The average Bonchev–Trinajstić information content (AvgIpc) is 3.68. The first-order valence-corrected chi connectivity index (χ1v) is 14.8. The first-order valence-electron chi connectivity index (χ1n) is 14.8. The first-order chi connectivity index (χ1) is 21.0. The number of carbonyl (C=O) groups is 4. The van der Waals surface area contributed by atoms with Gasteiger partial charge in [-0.25, -0.2) is 0 Å². The third-order valence-corrected chi connectivity index (χ3v) is 8.38. The van der Waals surface area contributed by atoms with Gasteiger partial charge >= 0.3 is 0 Å². The Balaban J connectivity index is 1.36. The van der Waals surface area contributed by atoms with E-state index in [1.54, 1.807) is 4.90 Å². The van der Waals surface area contributed by atoms with Crippen LogP contribution < -0.4 is 16.0 Å². The van der Waals surface area contributed by atoms with E-state index in [0.29, 0.717) is 19.4 Å². The Morgan fingerprint density at radius 1 is 0.628 bits per heavy atom. The number of rotatable bonds is 6. The molecule has 0 aliphatic carbocycles. The number of nitrogens with one attached hydrogen (secondary N) is 4. The van der Waals surface area contributed by atoms with E-state index in [2.05, 4.69) is 20.9 Å². The van der Waals surface area contributed by atoms with Gasteiger partial charge in [0, 0.05) is 42.9 Å². The van der Waals surface area contributed by atoms with Gasteiger partial charge in [0.25, 0.3) is 0 Å². The lowest BCUT2D eigenvalue weighted by atomic mass is 9.99. The van der Waals surface area contributed by atoms with Crippen LogP contribution in [0.5, 0.6) is 0 Å². The van der Waals surface area contributed by atoms with Gasteiger partial charge in [0.15, 0.2) is 0 Å². The number of para-hydroxylation sites is 1. The van der Waals surface area contributed by atoms with E-state index in [1.165, 1.54) is 0 Å². The number of carbonyl (C=O) groups excluding carboxylic acids is 4. The minimum absolute atomic E-state index is 0.201. The molecule has 0 spiro atoms. The molecule has 2 aliphatic rings. The van der Waals surface area contributed by atoms with Crippen molar-refractivity contribution in [1.29, 1.82) is 0 Å². The summed E-state index contributed by atoms with van der Waals surface area (Å²) in [5, 5.41) is 9.78. The maximum Gasteiger partial charge on any atom is 0.246 e. The van der Waals surface area contributed by atoms with Crippen LogP contribution in [0.15, 0.2) is 91.1 Å². The second kappa shape index (κ2) is 12.5. The monoisotopic (exact) mass is 577 g/mol. The Labute approximate surface area is 250 Å². The largest absolute Gasteiger partial charge is 0.361 e. The van der Waals surface area contributed by atoms with Crippen molar-refractivity contribution in [3.05, 3.63) is 108 Å². The molecular weight excluding hydrogens is 542 g/mol. The Kier molecular flexibility index (Phi) is 8.22. The van der Waals surface area contributed by atoms with E-state index in [1.807, 2.05) is 91.1 Å². The molecule has 0 bridgehead atoms. The summed E-state index contributed by atoms with van der Waals surface area (Å²) in [6, 6.07) is 23.1. The molecule has 220 valence electrons. The molecule has 6 rings (SSSR count). The van der Waals surface area contributed by atoms with Crippen LogP contribution in [-0.2, 0) is 38.4 Å². The van der Waals surface area contributed by atoms with Gasteiger partial charge in [-0.05, 0) is 35.6 Å². The molecule has 4 atom stereocenters. The van der Waals surface area contributed by atoms with Gasteiger partial charge in [0.1, 0.15) is 24.2 Å². The standard InChI is InChI=1S/C34H35N5O4/c40-31-27(18-22-10-3-1-4-11-22)37-33(42)30-16-9-17-39(30)34(43)29(19-23-12-5-2-6-13-23)38-32(41)28(36-31)20-24-21-35-26-15-8-7-14-25(24)26/h1-8,10-15,21,27-30,35H,9,16-20H2,(H,36,40)(H,37,42)(H,38,41)/t27-,28+,29-,30-/m1/s1. The van der Waals surface area contributed by atoms with E-state index in [-0.39, 0.29) is 31.1 Å². The Morgan fingerprint density at radius 2 is 1.19 bits per heavy atom. The number of aromatic nitrogens is 1. The third kappa shape index (κ3) is 6.30. The fraction of sp³-hybridized carbons (Fsp3) is 0.294. The lowest BCUT2D eigenvalue weighted by Crippen LogP contribution is -2.62. The van der Waals surface area contributed by atoms with Crippen molar-refractivity contribution in [2.75, 3.05) is 6.54 Å². The van der Waals surface area contributed by atoms with Crippen molar-refractivity contribution in [2.24, 2.45) is 0 Å². The van der Waals surface area contributed by atoms with E-state index in [4.69, 9.17) is 0 Å². The molecule has 2 saturated heterocycles. The molecule has 2 aliphatic heterocycles. The number of hydrogen-bond acceptors (Lipinski definition) is 4. The second-order valence-electron chi connectivity index (χ2n) is 11.3. The molecule has 0 unspecified atom stereocenters. The van der Waals surface area contributed by atoms with E-state index < -0.39 is 36.0 Å². The van der Waals surface area contributed by atoms with Crippen molar-refractivity contribution >= 4 is 34.5 Å². The zero-order valence-corrected chi connectivity index (χ0v) is 23.8. The highest BCUT2D eigenvalue weighted by Crippen LogP contribution is 2.22. The van der Waals surface area contributed by atoms with E-state index in [0.717, 1.165) is 27.6 Å². The summed E-state index contributed by atoms with van der Waals surface area (Å²) in [5.74, 6) is -1.56. The molecule has 0 saturated carbocycles. The molecule has 2 fully saturated rings. The minimum atomic E-state index is -0.984. The molecule has 4 amide bonds. The highest BCUT2D eigenvalue weighted by atomic mass is 16.2. The molecule has 4 N–H and O–H groups in total. The predicted octanol–water partition coefficient (Wildman–Crippen LogP) is 2.65. The maximum atomic E-state index is 14.0. The molecule has 9 nitrogen and oxygen atoms in total. The zero-order valence-electron chi connectivity index (χ0n) is 23.8. The fourth-order valence-corrected chi connectivity index (χ4v) is 6.15. The van der Waals surface area contributed by atoms with Gasteiger partial charge in [-0.3, -0.25) is 19.2 Å². The zero-order chi connectivity index (χ0) is 29.8. The molecule has 3 aromatic carbocycles. The van der Waals surface area contributed by atoms with Crippen molar-refractivity contribution < 1.29 is 19.2 Å². The summed E-state index contributed by atoms with van der Waals surface area (Å²) >= 11 is 0.